The zero-order valence-electron chi connectivity index (χ0n) is 21.9. The maximum atomic E-state index is 15.0. The smallest absolute Gasteiger partial charge is 0.254 e. The summed E-state index contributed by atoms with van der Waals surface area (Å²) in [4.78, 5) is 35.6. The molecule has 0 bridgehead atoms. The molecule has 2 spiro atoms. The van der Waals surface area contributed by atoms with Crippen LogP contribution in [-0.4, -0.2) is 44.3 Å². The predicted octanol–water partition coefficient (Wildman–Crippen LogP) is 5.55. The summed E-state index contributed by atoms with van der Waals surface area (Å²) in [5.41, 5.74) is 2.38. The van der Waals surface area contributed by atoms with E-state index in [0.29, 0.717) is 29.7 Å². The Hall–Kier alpha value is -3.72. The Kier molecular flexibility index (Phi) is 5.96. The molecule has 0 saturated carbocycles. The lowest BCUT2D eigenvalue weighted by Gasteiger charge is -2.42. The topological polar surface area (TPSA) is 57.0 Å². The van der Waals surface area contributed by atoms with Gasteiger partial charge in [-0.25, -0.2) is 0 Å². The van der Waals surface area contributed by atoms with Gasteiger partial charge in [-0.1, -0.05) is 103 Å². The molecular weight excluding hydrogens is 539 g/mol. The van der Waals surface area contributed by atoms with Crippen LogP contribution in [-0.2, 0) is 28.2 Å². The van der Waals surface area contributed by atoms with Gasteiger partial charge in [0.15, 0.2) is 5.54 Å². The highest BCUT2D eigenvalue weighted by atomic mass is 32.2. The normalized spacial score (nSPS) is 26.0. The first-order valence-electron chi connectivity index (χ1n) is 13.3. The van der Waals surface area contributed by atoms with E-state index < -0.39 is 16.2 Å². The Morgan fingerprint density at radius 1 is 0.825 bits per heavy atom. The Balaban J connectivity index is 1.43. The summed E-state index contributed by atoms with van der Waals surface area (Å²) in [6, 6.07) is 31.4. The van der Waals surface area contributed by atoms with Crippen molar-refractivity contribution in [2.24, 2.45) is 0 Å². The number of carbonyl (C=O) groups excluding carboxylic acids is 2. The minimum absolute atomic E-state index is 0.112. The molecule has 6 nitrogen and oxygen atoms in total. The van der Waals surface area contributed by atoms with E-state index in [2.05, 4.69) is 4.90 Å². The van der Waals surface area contributed by atoms with E-state index in [4.69, 9.17) is 16.6 Å². The number of nitrogens with zero attached hydrogens (tertiary/aromatic N) is 3. The second-order valence-electron chi connectivity index (χ2n) is 10.5. The van der Waals surface area contributed by atoms with E-state index in [0.717, 1.165) is 22.4 Å². The number of furan rings is 1. The molecule has 0 N–H and O–H groups in total. The van der Waals surface area contributed by atoms with Crippen LogP contribution < -0.4 is 4.90 Å². The molecule has 3 aliphatic heterocycles. The van der Waals surface area contributed by atoms with Crippen LogP contribution in [0.3, 0.4) is 0 Å². The summed E-state index contributed by atoms with van der Waals surface area (Å²) in [5, 5.41) is 0. The number of hydrogen-bond donors (Lipinski definition) is 0. The van der Waals surface area contributed by atoms with Gasteiger partial charge >= 0.3 is 0 Å². The van der Waals surface area contributed by atoms with Gasteiger partial charge in [0.1, 0.15) is 14.8 Å². The molecule has 3 aliphatic rings. The molecule has 40 heavy (non-hydrogen) atoms. The van der Waals surface area contributed by atoms with Gasteiger partial charge in [-0.3, -0.25) is 19.4 Å². The average molecular weight is 566 g/mol. The van der Waals surface area contributed by atoms with Crippen molar-refractivity contribution in [3.63, 3.8) is 0 Å². The lowest BCUT2D eigenvalue weighted by atomic mass is 9.73. The molecule has 2 amide bonds. The van der Waals surface area contributed by atoms with Crippen LogP contribution in [0, 0.1) is 0 Å². The number of thiocarbonyl (C=S) groups is 1. The number of benzene rings is 3. The van der Waals surface area contributed by atoms with Crippen molar-refractivity contribution >= 4 is 45.8 Å². The highest BCUT2D eigenvalue weighted by Gasteiger charge is 2.79. The number of thioether (sulfide) groups is 1. The molecule has 2 fully saturated rings. The van der Waals surface area contributed by atoms with Crippen molar-refractivity contribution in [3.8, 4) is 0 Å². The number of para-hydroxylation sites is 1. The number of anilines is 1. The molecule has 2 saturated heterocycles. The van der Waals surface area contributed by atoms with Crippen LogP contribution in [0.25, 0.3) is 0 Å². The van der Waals surface area contributed by atoms with E-state index >= 15 is 4.79 Å². The first kappa shape index (κ1) is 25.3. The van der Waals surface area contributed by atoms with Gasteiger partial charge in [-0.15, -0.1) is 0 Å². The highest BCUT2D eigenvalue weighted by molar-refractivity contribution is 8.25. The van der Waals surface area contributed by atoms with E-state index in [9.17, 15) is 4.79 Å². The van der Waals surface area contributed by atoms with Crippen molar-refractivity contribution in [2.45, 2.75) is 29.3 Å². The summed E-state index contributed by atoms with van der Waals surface area (Å²) in [6.07, 6.45) is 1.63. The fraction of sp³-hybridized carbons (Fsp3) is 0.219. The summed E-state index contributed by atoms with van der Waals surface area (Å²) >= 11 is 7.28. The van der Waals surface area contributed by atoms with Gasteiger partial charge < -0.3 is 9.32 Å². The Morgan fingerprint density at radius 3 is 2.10 bits per heavy atom. The largest absolute Gasteiger partial charge is 0.469 e. The Bertz CT molecular complexity index is 1610. The van der Waals surface area contributed by atoms with Gasteiger partial charge in [-0.05, 0) is 36.4 Å². The number of fused-ring (bicyclic) bond motifs is 3. The number of likely N-dealkylation sites (tertiary alicyclic amines) is 1. The Labute approximate surface area is 242 Å². The number of hydrogen-bond acceptors (Lipinski definition) is 6. The lowest BCUT2D eigenvalue weighted by Crippen LogP contribution is -2.62. The zero-order chi connectivity index (χ0) is 27.5. The number of carbonyl (C=O) groups is 2. The minimum atomic E-state index is -1.27. The molecule has 0 radical (unpaired) electrons. The first-order valence-corrected chi connectivity index (χ1v) is 14.5. The van der Waals surface area contributed by atoms with Crippen LogP contribution in [0.5, 0.6) is 0 Å². The molecule has 0 aliphatic carbocycles. The maximum Gasteiger partial charge on any atom is 0.254 e. The van der Waals surface area contributed by atoms with Gasteiger partial charge in [0, 0.05) is 17.8 Å². The first-order chi connectivity index (χ1) is 19.5. The maximum absolute atomic E-state index is 15.0. The molecule has 7 rings (SSSR count). The van der Waals surface area contributed by atoms with Gasteiger partial charge in [0.25, 0.3) is 5.91 Å². The molecule has 1 aromatic heterocycles. The second kappa shape index (κ2) is 9.44. The van der Waals surface area contributed by atoms with Crippen LogP contribution >= 0.6 is 24.0 Å². The molecule has 3 aromatic carbocycles. The molecule has 200 valence electrons. The number of likely N-dealkylation sites (N-methyl/N-ethyl adjacent to an activating group) is 1. The SMILES string of the molecule is CN1CC(c2ccco2)C2(SC(=S)N(Cc3ccccc3)C2=O)C12C(=O)N(Cc1ccccc1)c1ccccc12. The summed E-state index contributed by atoms with van der Waals surface area (Å²) in [6.45, 7) is 1.22. The molecular formula is C32H27N3O3S2. The van der Waals surface area contributed by atoms with Crippen molar-refractivity contribution in [3.05, 3.63) is 126 Å². The van der Waals surface area contributed by atoms with Gasteiger partial charge in [0.2, 0.25) is 5.91 Å². The van der Waals surface area contributed by atoms with Crippen LogP contribution in [0.1, 0.15) is 28.4 Å². The zero-order valence-corrected chi connectivity index (χ0v) is 23.5. The lowest BCUT2D eigenvalue weighted by molar-refractivity contribution is -0.139. The Morgan fingerprint density at radius 2 is 1.45 bits per heavy atom. The van der Waals surface area contributed by atoms with Crippen LogP contribution in [0.2, 0.25) is 0 Å². The molecule has 3 atom stereocenters. The van der Waals surface area contributed by atoms with E-state index in [-0.39, 0.29) is 11.8 Å². The van der Waals surface area contributed by atoms with Crippen molar-refractivity contribution < 1.29 is 14.0 Å². The third kappa shape index (κ3) is 3.36. The molecule has 4 heterocycles. The fourth-order valence-electron chi connectivity index (χ4n) is 6.81. The van der Waals surface area contributed by atoms with Crippen molar-refractivity contribution in [1.82, 2.24) is 9.80 Å². The average Bonchev–Trinajstić information content (AvgIpc) is 3.71. The van der Waals surface area contributed by atoms with Crippen LogP contribution in [0.4, 0.5) is 5.69 Å². The van der Waals surface area contributed by atoms with Gasteiger partial charge in [-0.2, -0.15) is 0 Å². The highest BCUT2D eigenvalue weighted by Crippen LogP contribution is 2.67. The molecule has 4 aromatic rings. The van der Waals surface area contributed by atoms with Crippen molar-refractivity contribution in [2.75, 3.05) is 18.5 Å². The fourth-order valence-corrected chi connectivity index (χ4v) is 8.92. The van der Waals surface area contributed by atoms with Crippen LogP contribution in [0.15, 0.2) is 108 Å². The second-order valence-corrected chi connectivity index (χ2v) is 12.4. The minimum Gasteiger partial charge on any atom is -0.469 e. The monoisotopic (exact) mass is 565 g/mol. The number of amides is 2. The standard InChI is InChI=1S/C32H27N3O3S2/c1-33-21-25(27-17-10-18-38-27)32(29(37)35(30(39)40-32)20-23-13-6-3-7-14-23)31(33)24-15-8-9-16-26(24)34(28(31)36)19-22-11-4-2-5-12-22/h2-18,25H,19-21H2,1H3. The quantitative estimate of drug-likeness (QED) is 0.296. The summed E-state index contributed by atoms with van der Waals surface area (Å²) in [5.74, 6) is 0.0271. The summed E-state index contributed by atoms with van der Waals surface area (Å²) < 4.78 is 5.19. The van der Waals surface area contributed by atoms with E-state index in [1.54, 1.807) is 11.2 Å². The van der Waals surface area contributed by atoms with E-state index in [1.807, 2.05) is 109 Å². The summed E-state index contributed by atoms with van der Waals surface area (Å²) in [7, 11) is 1.95. The third-order valence-electron chi connectivity index (χ3n) is 8.48. The van der Waals surface area contributed by atoms with E-state index in [1.165, 1.54) is 11.8 Å². The molecule has 3 unspecified atom stereocenters. The predicted molar refractivity (Wildman–Crippen MR) is 160 cm³/mol. The molecule has 8 heteroatoms. The van der Waals surface area contributed by atoms with Gasteiger partial charge in [0.05, 0.1) is 25.3 Å². The third-order valence-corrected chi connectivity index (χ3v) is 10.4. The van der Waals surface area contributed by atoms with Crippen molar-refractivity contribution in [1.29, 1.82) is 0 Å². The number of rotatable bonds is 5.